The minimum Gasteiger partial charge on any atom is -0.354 e. The lowest BCUT2D eigenvalue weighted by Crippen LogP contribution is -2.45. The van der Waals surface area contributed by atoms with Crippen LogP contribution in [0, 0.1) is 23.7 Å². The minimum atomic E-state index is -0.510. The van der Waals surface area contributed by atoms with Crippen LogP contribution in [0.2, 0.25) is 0 Å². The molecule has 0 aliphatic carbocycles. The fraction of sp³-hybridized carbons (Fsp3) is 0.533. The second-order valence-electron chi connectivity index (χ2n) is 5.81. The molecule has 1 atom stereocenters. The zero-order valence-corrected chi connectivity index (χ0v) is 12.1. The third-order valence-corrected chi connectivity index (χ3v) is 3.97. The third kappa shape index (κ3) is 2.60. The topological polar surface area (TPSA) is 66.1 Å². The van der Waals surface area contributed by atoms with E-state index in [4.69, 9.17) is 0 Å². The number of nitriles is 1. The first kappa shape index (κ1) is 14.3. The van der Waals surface area contributed by atoms with Gasteiger partial charge in [0.2, 0.25) is 0 Å². The van der Waals surface area contributed by atoms with E-state index >= 15 is 0 Å². The maximum absolute atomic E-state index is 12.5. The van der Waals surface area contributed by atoms with Gasteiger partial charge >= 0.3 is 0 Å². The lowest BCUT2D eigenvalue weighted by Gasteiger charge is -2.35. The van der Waals surface area contributed by atoms with E-state index in [-0.39, 0.29) is 16.9 Å². The summed E-state index contributed by atoms with van der Waals surface area (Å²) >= 11 is 0. The van der Waals surface area contributed by atoms with E-state index < -0.39 is 5.41 Å². The number of nitrogens with zero attached hydrogens (tertiary/aromatic N) is 3. The van der Waals surface area contributed by atoms with E-state index in [0.29, 0.717) is 13.1 Å². The van der Waals surface area contributed by atoms with E-state index in [0.717, 1.165) is 18.5 Å². The van der Waals surface area contributed by atoms with Gasteiger partial charge in [0.1, 0.15) is 5.56 Å². The molecule has 0 saturated carbocycles. The van der Waals surface area contributed by atoms with Crippen molar-refractivity contribution in [3.05, 3.63) is 33.7 Å². The smallest absolute Gasteiger partial charge is 0.259 e. The van der Waals surface area contributed by atoms with Crippen molar-refractivity contribution in [2.75, 3.05) is 13.1 Å². The number of rotatable bonds is 1. The minimum absolute atomic E-state index is 0.181. The van der Waals surface area contributed by atoms with Crippen LogP contribution in [-0.2, 0) is 7.05 Å². The molecule has 2 rings (SSSR count). The molecule has 20 heavy (non-hydrogen) atoms. The highest BCUT2D eigenvalue weighted by molar-refractivity contribution is 5.94. The molecule has 1 aromatic heterocycles. The molecule has 2 heterocycles. The Labute approximate surface area is 118 Å². The first-order valence-electron chi connectivity index (χ1n) is 6.74. The van der Waals surface area contributed by atoms with Gasteiger partial charge in [-0.25, -0.2) is 0 Å². The molecule has 5 heteroatoms. The average molecular weight is 273 g/mol. The second-order valence-corrected chi connectivity index (χ2v) is 5.81. The highest BCUT2D eigenvalue weighted by atomic mass is 16.2. The van der Waals surface area contributed by atoms with Crippen molar-refractivity contribution in [3.63, 3.8) is 0 Å². The van der Waals surface area contributed by atoms with Crippen LogP contribution >= 0.6 is 0 Å². The Morgan fingerprint density at radius 2 is 2.20 bits per heavy atom. The average Bonchev–Trinajstić information content (AvgIpc) is 2.42. The number of hydrogen-bond donors (Lipinski definition) is 0. The van der Waals surface area contributed by atoms with E-state index in [1.807, 2.05) is 13.8 Å². The quantitative estimate of drug-likeness (QED) is 0.778. The van der Waals surface area contributed by atoms with Crippen LogP contribution in [0.5, 0.6) is 0 Å². The van der Waals surface area contributed by atoms with Crippen molar-refractivity contribution in [1.82, 2.24) is 9.47 Å². The summed E-state index contributed by atoms with van der Waals surface area (Å²) in [6.07, 6.45) is 3.17. The predicted octanol–water partition coefficient (Wildman–Crippen LogP) is 1.46. The van der Waals surface area contributed by atoms with Crippen molar-refractivity contribution >= 4 is 5.91 Å². The Bertz CT molecular complexity index is 641. The molecule has 1 saturated heterocycles. The summed E-state index contributed by atoms with van der Waals surface area (Å²) in [5.41, 5.74) is 0.228. The van der Waals surface area contributed by atoms with Crippen LogP contribution in [0.25, 0.3) is 0 Å². The van der Waals surface area contributed by atoms with Crippen molar-refractivity contribution in [2.24, 2.45) is 12.5 Å². The lowest BCUT2D eigenvalue weighted by atomic mass is 9.83. The summed E-state index contributed by atoms with van der Waals surface area (Å²) in [6, 6.07) is 3.75. The SMILES string of the molecule is Cc1cc(=O)c(C(=O)N2CCC[C@](C)(C#N)C2)cn1C. The number of piperidine rings is 1. The van der Waals surface area contributed by atoms with Gasteiger partial charge in [-0.2, -0.15) is 5.26 Å². The maximum atomic E-state index is 12.5. The predicted molar refractivity (Wildman–Crippen MR) is 75.3 cm³/mol. The van der Waals surface area contributed by atoms with Crippen molar-refractivity contribution in [2.45, 2.75) is 26.7 Å². The summed E-state index contributed by atoms with van der Waals surface area (Å²) in [7, 11) is 1.81. The maximum Gasteiger partial charge on any atom is 0.259 e. The molecule has 1 fully saturated rings. The Morgan fingerprint density at radius 3 is 2.85 bits per heavy atom. The van der Waals surface area contributed by atoms with Gasteiger partial charge in [0.25, 0.3) is 5.91 Å². The molecular formula is C15H19N3O2. The third-order valence-electron chi connectivity index (χ3n) is 3.97. The number of pyridine rings is 1. The number of aryl methyl sites for hydroxylation is 2. The molecular weight excluding hydrogens is 254 g/mol. The van der Waals surface area contributed by atoms with Gasteiger partial charge in [-0.05, 0) is 26.7 Å². The van der Waals surface area contributed by atoms with Gasteiger partial charge in [-0.15, -0.1) is 0 Å². The van der Waals surface area contributed by atoms with Gasteiger partial charge in [0.15, 0.2) is 5.43 Å². The molecule has 5 nitrogen and oxygen atoms in total. The summed E-state index contributed by atoms with van der Waals surface area (Å²) in [6.45, 7) is 4.68. The summed E-state index contributed by atoms with van der Waals surface area (Å²) in [4.78, 5) is 26.1. The van der Waals surface area contributed by atoms with Crippen LogP contribution in [0.15, 0.2) is 17.1 Å². The first-order valence-corrected chi connectivity index (χ1v) is 6.74. The summed E-state index contributed by atoms with van der Waals surface area (Å²) in [5, 5.41) is 9.20. The fourth-order valence-electron chi connectivity index (χ4n) is 2.56. The van der Waals surface area contributed by atoms with Crippen molar-refractivity contribution in [3.8, 4) is 6.07 Å². The van der Waals surface area contributed by atoms with Crippen LogP contribution in [0.3, 0.4) is 0 Å². The highest BCUT2D eigenvalue weighted by Gasteiger charge is 2.34. The molecule has 106 valence electrons. The molecule has 1 aliphatic heterocycles. The highest BCUT2D eigenvalue weighted by Crippen LogP contribution is 2.28. The number of amides is 1. The van der Waals surface area contributed by atoms with E-state index in [9.17, 15) is 14.9 Å². The molecule has 1 amide bonds. The molecule has 0 unspecified atom stereocenters. The molecule has 0 spiro atoms. The number of carbonyl (C=O) groups is 1. The first-order chi connectivity index (χ1) is 9.36. The second kappa shape index (κ2) is 5.12. The Hall–Kier alpha value is -2.09. The molecule has 0 radical (unpaired) electrons. The van der Waals surface area contributed by atoms with Gasteiger partial charge in [0.05, 0.1) is 11.5 Å². The Kier molecular flexibility index (Phi) is 3.67. The zero-order valence-electron chi connectivity index (χ0n) is 12.1. The number of carbonyl (C=O) groups excluding carboxylic acids is 1. The molecule has 1 aromatic rings. The van der Waals surface area contributed by atoms with Gasteiger partial charge in [0, 0.05) is 38.1 Å². The number of likely N-dealkylation sites (tertiary alicyclic amines) is 1. The summed E-state index contributed by atoms with van der Waals surface area (Å²) in [5.74, 6) is -0.272. The van der Waals surface area contributed by atoms with Gasteiger partial charge in [-0.3, -0.25) is 9.59 Å². The van der Waals surface area contributed by atoms with Crippen LogP contribution in [0.4, 0.5) is 0 Å². The molecule has 0 bridgehead atoms. The van der Waals surface area contributed by atoms with Crippen molar-refractivity contribution in [1.29, 1.82) is 5.26 Å². The summed E-state index contributed by atoms with van der Waals surface area (Å²) < 4.78 is 1.77. The van der Waals surface area contributed by atoms with Crippen molar-refractivity contribution < 1.29 is 4.79 Å². The number of aromatic nitrogens is 1. The standard InChI is InChI=1S/C15H19N3O2/c1-11-7-13(19)12(8-17(11)3)14(20)18-6-4-5-15(2,9-16)10-18/h7-8H,4-6,10H2,1-3H3/t15-/m1/s1. The van der Waals surface area contributed by atoms with Crippen LogP contribution in [0.1, 0.15) is 35.8 Å². The van der Waals surface area contributed by atoms with Gasteiger partial charge < -0.3 is 9.47 Å². The molecule has 1 aliphatic rings. The fourth-order valence-corrected chi connectivity index (χ4v) is 2.56. The normalized spacial score (nSPS) is 22.4. The van der Waals surface area contributed by atoms with E-state index in [1.165, 1.54) is 6.07 Å². The van der Waals surface area contributed by atoms with Gasteiger partial charge in [-0.1, -0.05) is 0 Å². The molecule has 0 N–H and O–H groups in total. The molecule has 0 aromatic carbocycles. The Morgan fingerprint density at radius 1 is 1.50 bits per heavy atom. The number of hydrogen-bond acceptors (Lipinski definition) is 3. The largest absolute Gasteiger partial charge is 0.354 e. The monoisotopic (exact) mass is 273 g/mol. The Balaban J connectivity index is 2.31. The van der Waals surface area contributed by atoms with Crippen LogP contribution in [-0.4, -0.2) is 28.5 Å². The van der Waals surface area contributed by atoms with Crippen LogP contribution < -0.4 is 5.43 Å². The lowest BCUT2D eigenvalue weighted by molar-refractivity contribution is 0.0628. The van der Waals surface area contributed by atoms with E-state index in [2.05, 4.69) is 6.07 Å². The van der Waals surface area contributed by atoms with E-state index in [1.54, 1.807) is 22.7 Å². The zero-order chi connectivity index (χ0) is 14.9.